The Labute approximate surface area is 132 Å². The van der Waals surface area contributed by atoms with E-state index in [1.54, 1.807) is 24.3 Å². The van der Waals surface area contributed by atoms with Gasteiger partial charge in [0.15, 0.2) is 0 Å². The second-order valence-electron chi connectivity index (χ2n) is 4.38. The smallest absolute Gasteiger partial charge is 0.211 e. The van der Waals surface area contributed by atoms with Gasteiger partial charge in [-0.25, -0.2) is 4.39 Å². The van der Waals surface area contributed by atoms with Crippen molar-refractivity contribution in [1.82, 2.24) is 0 Å². The van der Waals surface area contributed by atoms with Gasteiger partial charge in [-0.2, -0.15) is 5.10 Å². The van der Waals surface area contributed by atoms with Crippen LogP contribution in [0.25, 0.3) is 0 Å². The van der Waals surface area contributed by atoms with Gasteiger partial charge in [-0.15, -0.1) is 5.10 Å². The van der Waals surface area contributed by atoms with Gasteiger partial charge in [-0.05, 0) is 35.4 Å². The minimum Gasteiger partial charge on any atom is -0.489 e. The van der Waals surface area contributed by atoms with Crippen LogP contribution in [0.5, 0.6) is 5.75 Å². The Kier molecular flexibility index (Phi) is 5.32. The Morgan fingerprint density at radius 1 is 1.23 bits per heavy atom. The SMILES string of the molecule is NC(N)=NN=Cc1cccc(OCc2ccc(Cl)c(F)c2)c1. The summed E-state index contributed by atoms with van der Waals surface area (Å²) in [5, 5.41) is 7.31. The zero-order valence-electron chi connectivity index (χ0n) is 11.5. The molecule has 0 amide bonds. The van der Waals surface area contributed by atoms with Crippen LogP contribution in [0.4, 0.5) is 4.39 Å². The van der Waals surface area contributed by atoms with Crippen molar-refractivity contribution in [3.63, 3.8) is 0 Å². The van der Waals surface area contributed by atoms with Gasteiger partial charge in [0, 0.05) is 0 Å². The summed E-state index contributed by atoms with van der Waals surface area (Å²) in [5.41, 5.74) is 11.8. The summed E-state index contributed by atoms with van der Waals surface area (Å²) in [6.07, 6.45) is 1.49. The average Bonchev–Trinajstić information content (AvgIpc) is 2.49. The maximum Gasteiger partial charge on any atom is 0.211 e. The van der Waals surface area contributed by atoms with E-state index in [2.05, 4.69) is 10.2 Å². The molecular formula is C15H14ClFN4O. The zero-order chi connectivity index (χ0) is 15.9. The molecule has 114 valence electrons. The summed E-state index contributed by atoms with van der Waals surface area (Å²) in [6, 6.07) is 11.7. The highest BCUT2D eigenvalue weighted by molar-refractivity contribution is 6.30. The van der Waals surface area contributed by atoms with E-state index in [0.717, 1.165) is 5.56 Å². The Bertz CT molecular complexity index is 714. The lowest BCUT2D eigenvalue weighted by Crippen LogP contribution is -2.21. The Balaban J connectivity index is 2.02. The van der Waals surface area contributed by atoms with Gasteiger partial charge in [0.05, 0.1) is 11.2 Å². The summed E-state index contributed by atoms with van der Waals surface area (Å²) in [7, 11) is 0. The Hall–Kier alpha value is -2.60. The maximum atomic E-state index is 13.3. The van der Waals surface area contributed by atoms with E-state index in [4.69, 9.17) is 27.8 Å². The minimum absolute atomic E-state index is 0.0849. The lowest BCUT2D eigenvalue weighted by Gasteiger charge is -2.07. The van der Waals surface area contributed by atoms with E-state index >= 15 is 0 Å². The number of hydrogen-bond donors (Lipinski definition) is 2. The molecule has 4 N–H and O–H groups in total. The number of benzene rings is 2. The number of hydrogen-bond acceptors (Lipinski definition) is 3. The van der Waals surface area contributed by atoms with Crippen molar-refractivity contribution < 1.29 is 9.13 Å². The Morgan fingerprint density at radius 2 is 2.05 bits per heavy atom. The monoisotopic (exact) mass is 320 g/mol. The summed E-state index contributed by atoms with van der Waals surface area (Å²) in [4.78, 5) is 0. The molecule has 0 radical (unpaired) electrons. The van der Waals surface area contributed by atoms with Crippen molar-refractivity contribution in [3.05, 3.63) is 64.4 Å². The van der Waals surface area contributed by atoms with Crippen LogP contribution in [0.15, 0.2) is 52.7 Å². The van der Waals surface area contributed by atoms with Crippen LogP contribution < -0.4 is 16.2 Å². The molecule has 7 heteroatoms. The number of rotatable bonds is 5. The summed E-state index contributed by atoms with van der Waals surface area (Å²) in [5.74, 6) is 0.0262. The van der Waals surface area contributed by atoms with Crippen molar-refractivity contribution in [2.75, 3.05) is 0 Å². The number of ether oxygens (including phenoxy) is 1. The highest BCUT2D eigenvalue weighted by Gasteiger charge is 2.02. The molecule has 0 aromatic heterocycles. The third kappa shape index (κ3) is 4.75. The molecule has 0 atom stereocenters. The van der Waals surface area contributed by atoms with Gasteiger partial charge in [-0.1, -0.05) is 29.8 Å². The third-order valence-electron chi connectivity index (χ3n) is 2.63. The van der Waals surface area contributed by atoms with E-state index in [1.165, 1.54) is 18.3 Å². The van der Waals surface area contributed by atoms with Crippen LogP contribution in [0.3, 0.4) is 0 Å². The van der Waals surface area contributed by atoms with Crippen LogP contribution in [0, 0.1) is 5.82 Å². The first-order chi connectivity index (χ1) is 10.5. The molecule has 0 aliphatic rings. The molecule has 0 heterocycles. The van der Waals surface area contributed by atoms with Gasteiger partial charge < -0.3 is 16.2 Å². The molecule has 2 aromatic rings. The predicted molar refractivity (Wildman–Crippen MR) is 85.6 cm³/mol. The third-order valence-corrected chi connectivity index (χ3v) is 2.93. The summed E-state index contributed by atoms with van der Waals surface area (Å²) >= 11 is 5.63. The van der Waals surface area contributed by atoms with Crippen molar-refractivity contribution in [3.8, 4) is 5.75 Å². The molecule has 0 aliphatic carbocycles. The van der Waals surface area contributed by atoms with Crippen LogP contribution >= 0.6 is 11.6 Å². The Morgan fingerprint density at radius 3 is 2.77 bits per heavy atom. The van der Waals surface area contributed by atoms with Crippen LogP contribution in [-0.2, 0) is 6.61 Å². The van der Waals surface area contributed by atoms with Crippen molar-refractivity contribution in [1.29, 1.82) is 0 Å². The topological polar surface area (TPSA) is 86.0 Å². The first-order valence-electron chi connectivity index (χ1n) is 6.33. The van der Waals surface area contributed by atoms with Gasteiger partial charge in [0.1, 0.15) is 18.2 Å². The second kappa shape index (κ2) is 7.42. The predicted octanol–water partition coefficient (Wildman–Crippen LogP) is 2.67. The molecule has 0 fully saturated rings. The first-order valence-corrected chi connectivity index (χ1v) is 6.71. The van der Waals surface area contributed by atoms with Crippen molar-refractivity contribution >= 4 is 23.8 Å². The normalized spacial score (nSPS) is 10.6. The number of nitrogens with two attached hydrogens (primary N) is 2. The fraction of sp³-hybridized carbons (Fsp3) is 0.0667. The van der Waals surface area contributed by atoms with Crippen LogP contribution in [0.1, 0.15) is 11.1 Å². The molecular weight excluding hydrogens is 307 g/mol. The highest BCUT2D eigenvalue weighted by Crippen LogP contribution is 2.18. The van der Waals surface area contributed by atoms with Crippen molar-refractivity contribution in [2.45, 2.75) is 6.61 Å². The van der Waals surface area contributed by atoms with E-state index in [0.29, 0.717) is 11.3 Å². The number of halogens is 2. The fourth-order valence-electron chi connectivity index (χ4n) is 1.64. The van der Waals surface area contributed by atoms with E-state index < -0.39 is 5.82 Å². The van der Waals surface area contributed by atoms with E-state index in [1.807, 2.05) is 6.07 Å². The second-order valence-corrected chi connectivity index (χ2v) is 4.79. The van der Waals surface area contributed by atoms with Crippen LogP contribution in [-0.4, -0.2) is 12.2 Å². The molecule has 0 aliphatic heterocycles. The average molecular weight is 321 g/mol. The van der Waals surface area contributed by atoms with Gasteiger partial charge in [0.2, 0.25) is 5.96 Å². The maximum absolute atomic E-state index is 13.3. The molecule has 0 bridgehead atoms. The van der Waals surface area contributed by atoms with E-state index in [9.17, 15) is 4.39 Å². The molecule has 5 nitrogen and oxygen atoms in total. The lowest BCUT2D eigenvalue weighted by atomic mass is 10.2. The fourth-order valence-corrected chi connectivity index (χ4v) is 1.76. The van der Waals surface area contributed by atoms with Crippen molar-refractivity contribution in [2.24, 2.45) is 21.7 Å². The lowest BCUT2D eigenvalue weighted by molar-refractivity contribution is 0.305. The molecule has 0 saturated carbocycles. The highest BCUT2D eigenvalue weighted by atomic mass is 35.5. The molecule has 2 rings (SSSR count). The summed E-state index contributed by atoms with van der Waals surface area (Å²) in [6.45, 7) is 0.225. The quantitative estimate of drug-likeness (QED) is 0.504. The molecule has 22 heavy (non-hydrogen) atoms. The zero-order valence-corrected chi connectivity index (χ0v) is 12.3. The molecule has 0 spiro atoms. The summed E-state index contributed by atoms with van der Waals surface area (Å²) < 4.78 is 18.9. The largest absolute Gasteiger partial charge is 0.489 e. The molecule has 0 saturated heterocycles. The minimum atomic E-state index is -0.471. The molecule has 2 aromatic carbocycles. The van der Waals surface area contributed by atoms with Gasteiger partial charge in [-0.3, -0.25) is 0 Å². The number of guanidine groups is 1. The van der Waals surface area contributed by atoms with Gasteiger partial charge in [0.25, 0.3) is 0 Å². The van der Waals surface area contributed by atoms with Gasteiger partial charge >= 0.3 is 0 Å². The standard InChI is InChI=1S/C15H14ClFN4O/c16-13-5-4-11(7-14(13)17)9-22-12-3-1-2-10(6-12)8-20-21-15(18)19/h1-8H,9H2,(H4,18,19,21). The van der Waals surface area contributed by atoms with E-state index in [-0.39, 0.29) is 17.6 Å². The first kappa shape index (κ1) is 15.8. The van der Waals surface area contributed by atoms with Crippen LogP contribution in [0.2, 0.25) is 5.02 Å². The number of nitrogens with zero attached hydrogens (tertiary/aromatic N) is 2. The molecule has 0 unspecified atom stereocenters.